The number of carboxylic acids is 1. The third-order valence-electron chi connectivity index (χ3n) is 6.23. The fourth-order valence-electron chi connectivity index (χ4n) is 4.83. The number of rotatable bonds is 9. The zero-order valence-electron chi connectivity index (χ0n) is 17.0. The van der Waals surface area contributed by atoms with Crippen LogP contribution in [0.25, 0.3) is 0 Å². The summed E-state index contributed by atoms with van der Waals surface area (Å²) in [7, 11) is 0. The molecule has 0 aromatic heterocycles. The van der Waals surface area contributed by atoms with E-state index in [1.54, 1.807) is 0 Å². The van der Waals surface area contributed by atoms with Crippen LogP contribution in [0.1, 0.15) is 51.9 Å². The number of hydrogen-bond acceptors (Lipinski definition) is 3. The first kappa shape index (κ1) is 21.5. The van der Waals surface area contributed by atoms with Gasteiger partial charge >= 0.3 is 5.97 Å². The molecule has 3 N–H and O–H groups in total. The molecule has 4 atom stereocenters. The van der Waals surface area contributed by atoms with Gasteiger partial charge in [0.15, 0.2) is 5.11 Å². The van der Waals surface area contributed by atoms with Crippen molar-refractivity contribution in [3.05, 3.63) is 42.5 Å². The van der Waals surface area contributed by atoms with E-state index >= 15 is 0 Å². The molecule has 5 nitrogen and oxygen atoms in total. The normalized spacial score (nSPS) is 24.6. The summed E-state index contributed by atoms with van der Waals surface area (Å²) in [6, 6.07) is 9.71. The number of hydrazone groups is 1. The summed E-state index contributed by atoms with van der Waals surface area (Å²) < 4.78 is 0. The minimum atomic E-state index is -0.614. The quantitative estimate of drug-likeness (QED) is 0.224. The summed E-state index contributed by atoms with van der Waals surface area (Å²) in [5.74, 6) is 1.03. The van der Waals surface area contributed by atoms with Gasteiger partial charge in [-0.3, -0.25) is 10.2 Å². The van der Waals surface area contributed by atoms with E-state index in [2.05, 4.69) is 28.0 Å². The fourth-order valence-corrected chi connectivity index (χ4v) is 4.99. The van der Waals surface area contributed by atoms with Gasteiger partial charge in [-0.1, -0.05) is 36.8 Å². The van der Waals surface area contributed by atoms with Gasteiger partial charge < -0.3 is 10.4 Å². The molecular formula is C23H31N3O2S. The summed E-state index contributed by atoms with van der Waals surface area (Å²) in [5, 5.41) is 17.5. The van der Waals surface area contributed by atoms with Crippen LogP contribution in [-0.4, -0.2) is 21.9 Å². The van der Waals surface area contributed by atoms with E-state index in [-0.39, 0.29) is 5.92 Å². The van der Waals surface area contributed by atoms with Crippen LogP contribution in [0.3, 0.4) is 0 Å². The fraction of sp³-hybridized carbons (Fsp3) is 0.522. The highest BCUT2D eigenvalue weighted by Crippen LogP contribution is 2.51. The largest absolute Gasteiger partial charge is 0.481 e. The molecule has 0 saturated heterocycles. The summed E-state index contributed by atoms with van der Waals surface area (Å²) >= 11 is 5.23. The first-order chi connectivity index (χ1) is 14.0. The van der Waals surface area contributed by atoms with Gasteiger partial charge in [0, 0.05) is 17.8 Å². The van der Waals surface area contributed by atoms with Crippen molar-refractivity contribution >= 4 is 34.7 Å². The van der Waals surface area contributed by atoms with Crippen molar-refractivity contribution in [2.75, 3.05) is 5.32 Å². The van der Waals surface area contributed by atoms with Gasteiger partial charge in [-0.15, -0.1) is 0 Å². The van der Waals surface area contributed by atoms with Crippen LogP contribution >= 0.6 is 12.2 Å². The van der Waals surface area contributed by atoms with Crippen molar-refractivity contribution in [3.63, 3.8) is 0 Å². The lowest BCUT2D eigenvalue weighted by atomic mass is 9.77. The van der Waals surface area contributed by atoms with Crippen LogP contribution in [-0.2, 0) is 4.79 Å². The number of fused-ring (bicyclic) bond motifs is 2. The van der Waals surface area contributed by atoms with Crippen molar-refractivity contribution in [1.82, 2.24) is 5.43 Å². The number of nitrogens with one attached hydrogen (secondary N) is 2. The highest BCUT2D eigenvalue weighted by atomic mass is 32.1. The number of nitrogens with zero attached hydrogens (tertiary/aromatic N) is 1. The lowest BCUT2D eigenvalue weighted by Gasteiger charge is -2.27. The van der Waals surface area contributed by atoms with Crippen molar-refractivity contribution in [3.8, 4) is 0 Å². The van der Waals surface area contributed by atoms with Crippen molar-refractivity contribution in [1.29, 1.82) is 0 Å². The molecule has 3 rings (SSSR count). The minimum absolute atomic E-state index is 0.187. The Bertz CT molecular complexity index is 763. The Balaban J connectivity index is 1.37. The van der Waals surface area contributed by atoms with Crippen molar-refractivity contribution in [2.45, 2.75) is 51.9 Å². The average Bonchev–Trinajstić information content (AvgIpc) is 3.33. The molecular weight excluding hydrogens is 382 g/mol. The number of carbonyl (C=O) groups is 1. The van der Waals surface area contributed by atoms with E-state index in [1.807, 2.05) is 37.3 Å². The number of anilines is 1. The first-order valence-corrected chi connectivity index (χ1v) is 11.0. The molecule has 29 heavy (non-hydrogen) atoms. The minimum Gasteiger partial charge on any atom is -0.481 e. The number of aliphatic carboxylic acids is 1. The second kappa shape index (κ2) is 10.5. The second-order valence-corrected chi connectivity index (χ2v) is 8.72. The Morgan fingerprint density at radius 3 is 2.72 bits per heavy atom. The van der Waals surface area contributed by atoms with Gasteiger partial charge in [0.05, 0.1) is 5.92 Å². The zero-order chi connectivity index (χ0) is 20.6. The molecule has 0 heterocycles. The molecule has 0 amide bonds. The standard InChI is InChI=1S/C23H31N3O2S/c1-16(25-26-23(29)24-19-9-5-3-6-10-19)8-4-2-7-11-20(22(27)28)21-15-17-12-13-18(21)14-17/h2-6,9-10,17-18,20-21H,7-8,11-15H2,1H3,(H,27,28)(H2,24,26,29)/b4-2-,25-16?/t17-,18-,20?,21+/m0/s1. The number of para-hydroxylation sites is 1. The highest BCUT2D eigenvalue weighted by Gasteiger charge is 2.44. The highest BCUT2D eigenvalue weighted by molar-refractivity contribution is 7.80. The topological polar surface area (TPSA) is 73.7 Å². The number of thiocarbonyl (C=S) groups is 1. The van der Waals surface area contributed by atoms with Gasteiger partial charge in [0.1, 0.15) is 0 Å². The van der Waals surface area contributed by atoms with E-state index in [0.717, 1.165) is 36.6 Å². The predicted molar refractivity (Wildman–Crippen MR) is 122 cm³/mol. The monoisotopic (exact) mass is 413 g/mol. The number of benzene rings is 1. The van der Waals surface area contributed by atoms with Crippen LogP contribution in [0.4, 0.5) is 5.69 Å². The third-order valence-corrected chi connectivity index (χ3v) is 6.42. The van der Waals surface area contributed by atoms with Gasteiger partial charge in [-0.05, 0) is 81.1 Å². The van der Waals surface area contributed by atoms with Crippen LogP contribution in [0, 0.1) is 23.7 Å². The molecule has 6 heteroatoms. The molecule has 1 unspecified atom stereocenters. The maximum Gasteiger partial charge on any atom is 0.306 e. The van der Waals surface area contributed by atoms with Gasteiger partial charge in [0.2, 0.25) is 0 Å². The Labute approximate surface area is 178 Å². The van der Waals surface area contributed by atoms with Gasteiger partial charge in [0.25, 0.3) is 0 Å². The smallest absolute Gasteiger partial charge is 0.306 e. The Hall–Kier alpha value is -2.21. The van der Waals surface area contributed by atoms with Crippen LogP contribution < -0.4 is 10.7 Å². The molecule has 1 aromatic carbocycles. The van der Waals surface area contributed by atoms with Gasteiger partial charge in [-0.2, -0.15) is 5.10 Å². The Kier molecular flexibility index (Phi) is 7.81. The molecule has 2 aliphatic rings. The van der Waals surface area contributed by atoms with Gasteiger partial charge in [-0.25, -0.2) is 0 Å². The summed E-state index contributed by atoms with van der Waals surface area (Å²) in [6.07, 6.45) is 11.3. The second-order valence-electron chi connectivity index (χ2n) is 8.32. The van der Waals surface area contributed by atoms with Crippen molar-refractivity contribution in [2.24, 2.45) is 28.8 Å². The van der Waals surface area contributed by atoms with Crippen LogP contribution in [0.5, 0.6) is 0 Å². The predicted octanol–water partition coefficient (Wildman–Crippen LogP) is 5.21. The maximum absolute atomic E-state index is 11.7. The van der Waals surface area contributed by atoms with E-state index in [4.69, 9.17) is 12.2 Å². The first-order valence-electron chi connectivity index (χ1n) is 10.6. The molecule has 0 spiro atoms. The molecule has 1 aromatic rings. The summed E-state index contributed by atoms with van der Waals surface area (Å²) in [5.41, 5.74) is 4.69. The Morgan fingerprint density at radius 1 is 1.28 bits per heavy atom. The van der Waals surface area contributed by atoms with Crippen LogP contribution in [0.2, 0.25) is 0 Å². The number of allylic oxidation sites excluding steroid dienone is 2. The van der Waals surface area contributed by atoms with E-state index in [9.17, 15) is 9.90 Å². The molecule has 156 valence electrons. The lowest BCUT2D eigenvalue weighted by molar-refractivity contribution is -0.144. The SMILES string of the molecule is CC(C/C=C\CCC(C(=O)O)[C@@H]1C[C@H]2CC[C@H]1C2)=NNC(=S)Nc1ccccc1. The molecule has 2 aliphatic carbocycles. The lowest BCUT2D eigenvalue weighted by Crippen LogP contribution is -2.27. The molecule has 2 saturated carbocycles. The molecule has 0 aliphatic heterocycles. The summed E-state index contributed by atoms with van der Waals surface area (Å²) in [6.45, 7) is 1.94. The van der Waals surface area contributed by atoms with E-state index in [1.165, 1.54) is 19.3 Å². The number of carboxylic acid groups (broad SMARTS) is 1. The zero-order valence-corrected chi connectivity index (χ0v) is 17.8. The van der Waals surface area contributed by atoms with Crippen molar-refractivity contribution < 1.29 is 9.90 Å². The van der Waals surface area contributed by atoms with E-state index < -0.39 is 5.97 Å². The average molecular weight is 414 g/mol. The Morgan fingerprint density at radius 2 is 2.07 bits per heavy atom. The van der Waals surface area contributed by atoms with Crippen LogP contribution in [0.15, 0.2) is 47.6 Å². The molecule has 0 radical (unpaired) electrons. The summed E-state index contributed by atoms with van der Waals surface area (Å²) in [4.78, 5) is 11.7. The number of hydrogen-bond donors (Lipinski definition) is 3. The van der Waals surface area contributed by atoms with E-state index in [0.29, 0.717) is 23.4 Å². The maximum atomic E-state index is 11.7. The molecule has 2 bridgehead atoms. The third kappa shape index (κ3) is 6.39. The molecule has 2 fully saturated rings.